The van der Waals surface area contributed by atoms with Crippen LogP contribution in [0.4, 0.5) is 0 Å². The molecule has 4 unspecified atom stereocenters. The van der Waals surface area contributed by atoms with Gasteiger partial charge in [-0.1, -0.05) is 72.3 Å². The van der Waals surface area contributed by atoms with E-state index in [1.165, 1.54) is 0 Å². The Bertz CT molecular complexity index is 307. The first-order valence-corrected chi connectivity index (χ1v) is 7.96. The molecule has 0 spiro atoms. The van der Waals surface area contributed by atoms with Crippen LogP contribution in [0.5, 0.6) is 0 Å². The van der Waals surface area contributed by atoms with E-state index >= 15 is 0 Å². The van der Waals surface area contributed by atoms with E-state index in [9.17, 15) is 9.59 Å². The third-order valence-corrected chi connectivity index (χ3v) is 3.95. The molecular weight excluding hydrogens is 324 g/mol. The van der Waals surface area contributed by atoms with Crippen LogP contribution in [0.25, 0.3) is 0 Å². The lowest BCUT2D eigenvalue weighted by Gasteiger charge is -2.22. The van der Waals surface area contributed by atoms with Crippen molar-refractivity contribution in [2.24, 2.45) is 11.8 Å². The Morgan fingerprint density at radius 2 is 1.00 bits per heavy atom. The number of nitrogens with one attached hydrogen (secondary N) is 2. The zero-order valence-electron chi connectivity index (χ0n) is 14.0. The Labute approximate surface area is 168 Å². The summed E-state index contributed by atoms with van der Waals surface area (Å²) in [5, 5.41) is 5.99. The molecule has 26 heavy (non-hydrogen) atoms. The topological polar surface area (TPSA) is 58.2 Å². The summed E-state index contributed by atoms with van der Waals surface area (Å²) < 4.78 is 0. The summed E-state index contributed by atoms with van der Waals surface area (Å²) in [6.07, 6.45) is 3.22. The zero-order chi connectivity index (χ0) is 15.7. The number of rotatable bonds is 9. The summed E-state index contributed by atoms with van der Waals surface area (Å²) in [6.45, 7) is 12.0. The second kappa shape index (κ2) is 23.9. The van der Waals surface area contributed by atoms with Gasteiger partial charge in [0.05, 0.1) is 0 Å². The number of carbonyl (C=O) groups is 2. The van der Waals surface area contributed by atoms with E-state index in [4.69, 9.17) is 0 Å². The monoisotopic (exact) mass is 380 g/mol. The van der Waals surface area contributed by atoms with Crippen molar-refractivity contribution < 1.29 is 9.59 Å². The maximum atomic E-state index is 12.1. The highest BCUT2D eigenvalue weighted by Crippen LogP contribution is 2.17. The number of hydrogen-bond acceptors (Lipinski definition) is 2. The van der Waals surface area contributed by atoms with E-state index in [0.717, 1.165) is 19.3 Å². The van der Waals surface area contributed by atoms with E-state index in [0.29, 0.717) is 6.42 Å². The van der Waals surface area contributed by atoms with Crippen LogP contribution in [0.2, 0.25) is 0 Å². The quantitative estimate of drug-likeness (QED) is 0.468. The maximum Gasteiger partial charge on any atom is 0.223 e. The van der Waals surface area contributed by atoms with Crippen molar-refractivity contribution in [1.82, 2.24) is 10.6 Å². The number of carbonyl (C=O) groups excluding carboxylic acids is 2. The van der Waals surface area contributed by atoms with Crippen LogP contribution in [0, 0.1) is 11.8 Å². The first kappa shape index (κ1) is 44.4. The van der Waals surface area contributed by atoms with Gasteiger partial charge in [-0.15, -0.1) is 0 Å². The molecule has 0 aromatic carbocycles. The van der Waals surface area contributed by atoms with Gasteiger partial charge in [0.1, 0.15) is 0 Å². The van der Waals surface area contributed by atoms with E-state index in [-0.39, 0.29) is 80.3 Å². The second-order valence-electron chi connectivity index (χ2n) is 5.88. The molecule has 0 rings (SSSR count). The predicted molar refractivity (Wildman–Crippen MR) is 124 cm³/mol. The molecule has 0 radical (unpaired) electrons. The lowest BCUT2D eigenvalue weighted by molar-refractivity contribution is -0.128. The van der Waals surface area contributed by atoms with Crippen LogP contribution >= 0.6 is 0 Å². The van der Waals surface area contributed by atoms with Gasteiger partial charge in [-0.25, -0.2) is 0 Å². The minimum atomic E-state index is -0.128. The molecular formula is C22H56N2O2. The van der Waals surface area contributed by atoms with Crippen LogP contribution in [0.3, 0.4) is 0 Å². The standard InChI is InChI=1S/C16H32N2O2.6CH4/c1-7-12(5)17-15(19)11(4)10-14(9-3)16(20)18-13(6)8-2;;;;;;/h11-14H,7-10H2,1-6H3,(H,17,19)(H,18,20);6*1H4. The highest BCUT2D eigenvalue weighted by atomic mass is 16.2. The van der Waals surface area contributed by atoms with Crippen molar-refractivity contribution in [3.8, 4) is 0 Å². The Morgan fingerprint density at radius 3 is 1.31 bits per heavy atom. The van der Waals surface area contributed by atoms with Crippen molar-refractivity contribution in [2.45, 2.75) is 124 Å². The summed E-state index contributed by atoms with van der Waals surface area (Å²) in [4.78, 5) is 24.2. The van der Waals surface area contributed by atoms with Gasteiger partial charge in [0.25, 0.3) is 0 Å². The fraction of sp³-hybridized carbons (Fsp3) is 0.909. The zero-order valence-corrected chi connectivity index (χ0v) is 14.0. The van der Waals surface area contributed by atoms with Gasteiger partial charge in [-0.05, 0) is 39.5 Å². The second-order valence-corrected chi connectivity index (χ2v) is 5.88. The molecule has 4 nitrogen and oxygen atoms in total. The van der Waals surface area contributed by atoms with Gasteiger partial charge in [-0.2, -0.15) is 0 Å². The summed E-state index contributed by atoms with van der Waals surface area (Å²) in [7, 11) is 0. The summed E-state index contributed by atoms with van der Waals surface area (Å²) >= 11 is 0. The molecule has 0 saturated carbocycles. The van der Waals surface area contributed by atoms with Crippen molar-refractivity contribution in [3.05, 3.63) is 0 Å². The van der Waals surface area contributed by atoms with Gasteiger partial charge in [0.15, 0.2) is 0 Å². The van der Waals surface area contributed by atoms with Crippen molar-refractivity contribution in [2.75, 3.05) is 0 Å². The molecule has 4 atom stereocenters. The molecule has 0 bridgehead atoms. The molecule has 0 saturated heterocycles. The Balaban J connectivity index is -0.000000120. The first-order chi connectivity index (χ1) is 9.35. The molecule has 4 heteroatoms. The van der Waals surface area contributed by atoms with Crippen LogP contribution in [0.15, 0.2) is 0 Å². The van der Waals surface area contributed by atoms with Gasteiger partial charge < -0.3 is 10.6 Å². The van der Waals surface area contributed by atoms with Gasteiger partial charge in [0, 0.05) is 23.9 Å². The lowest BCUT2D eigenvalue weighted by Crippen LogP contribution is -2.40. The van der Waals surface area contributed by atoms with E-state index < -0.39 is 0 Å². The summed E-state index contributed by atoms with van der Waals surface area (Å²) in [6, 6.07) is 0.389. The third-order valence-electron chi connectivity index (χ3n) is 3.95. The Kier molecular flexibility index (Phi) is 40.9. The van der Waals surface area contributed by atoms with Crippen LogP contribution in [-0.2, 0) is 9.59 Å². The first-order valence-electron chi connectivity index (χ1n) is 7.96. The predicted octanol–water partition coefficient (Wildman–Crippen LogP) is 6.68. The minimum Gasteiger partial charge on any atom is -0.353 e. The molecule has 2 N–H and O–H groups in total. The molecule has 2 amide bonds. The Morgan fingerprint density at radius 1 is 0.654 bits per heavy atom. The smallest absolute Gasteiger partial charge is 0.223 e. The van der Waals surface area contributed by atoms with Crippen LogP contribution < -0.4 is 10.6 Å². The summed E-state index contributed by atoms with van der Waals surface area (Å²) in [5.74, 6) is -0.0857. The van der Waals surface area contributed by atoms with E-state index in [1.54, 1.807) is 0 Å². The maximum absolute atomic E-state index is 12.1. The van der Waals surface area contributed by atoms with Gasteiger partial charge in [0.2, 0.25) is 11.8 Å². The molecule has 0 fully saturated rings. The molecule has 0 aliphatic heterocycles. The van der Waals surface area contributed by atoms with Gasteiger partial charge in [-0.3, -0.25) is 9.59 Å². The lowest BCUT2D eigenvalue weighted by atomic mass is 9.92. The molecule has 0 aliphatic rings. The molecule has 0 aliphatic carbocycles. The minimum absolute atomic E-state index is 0. The molecule has 0 aromatic rings. The molecule has 166 valence electrons. The van der Waals surface area contributed by atoms with Crippen molar-refractivity contribution in [3.63, 3.8) is 0 Å². The average molecular weight is 381 g/mol. The normalized spacial score (nSPS) is 13.0. The SMILES string of the molecule is C.C.C.C.C.C.CCC(C)NC(=O)C(C)CC(CC)C(=O)NC(C)CC. The number of hydrogen-bond donors (Lipinski definition) is 2. The van der Waals surface area contributed by atoms with Crippen LogP contribution in [-0.4, -0.2) is 23.9 Å². The number of amides is 2. The molecule has 0 heterocycles. The third kappa shape index (κ3) is 17.8. The fourth-order valence-electron chi connectivity index (χ4n) is 1.94. The van der Waals surface area contributed by atoms with Crippen LogP contribution in [0.1, 0.15) is 112 Å². The average Bonchev–Trinajstić information content (AvgIpc) is 2.43. The van der Waals surface area contributed by atoms with E-state index in [2.05, 4.69) is 10.6 Å². The molecule has 0 aromatic heterocycles. The van der Waals surface area contributed by atoms with E-state index in [1.807, 2.05) is 41.5 Å². The van der Waals surface area contributed by atoms with Crippen molar-refractivity contribution >= 4 is 11.8 Å². The van der Waals surface area contributed by atoms with Gasteiger partial charge >= 0.3 is 0 Å². The van der Waals surface area contributed by atoms with Crippen molar-refractivity contribution in [1.29, 1.82) is 0 Å². The largest absolute Gasteiger partial charge is 0.353 e. The fourth-order valence-corrected chi connectivity index (χ4v) is 1.94. The highest BCUT2D eigenvalue weighted by Gasteiger charge is 2.24. The summed E-state index contributed by atoms with van der Waals surface area (Å²) in [5.41, 5.74) is 0. The highest BCUT2D eigenvalue weighted by molar-refractivity contribution is 5.82. The Hall–Kier alpha value is -1.06.